The molecule has 1 N–H and O–H groups in total. The number of hydrogen-bond acceptors (Lipinski definition) is 5. The second-order valence-electron chi connectivity index (χ2n) is 6.28. The van der Waals surface area contributed by atoms with Crippen LogP contribution in [0.25, 0.3) is 10.6 Å². The number of aromatic nitrogens is 1. The molecule has 0 spiro atoms. The van der Waals surface area contributed by atoms with Gasteiger partial charge in [0.15, 0.2) is 0 Å². The number of carbonyl (C=O) groups excluding carboxylic acids is 1. The quantitative estimate of drug-likeness (QED) is 0.588. The second-order valence-corrected chi connectivity index (χ2v) is 7.14. The predicted octanol–water partition coefficient (Wildman–Crippen LogP) is 4.21. The minimum Gasteiger partial charge on any atom is -0.493 e. The van der Waals surface area contributed by atoms with Crippen molar-refractivity contribution in [1.29, 1.82) is 0 Å². The van der Waals surface area contributed by atoms with Gasteiger partial charge in [-0.3, -0.25) is 4.79 Å². The van der Waals surface area contributed by atoms with E-state index in [-0.39, 0.29) is 12.3 Å². The van der Waals surface area contributed by atoms with Crippen molar-refractivity contribution in [1.82, 2.24) is 10.3 Å². The maximum absolute atomic E-state index is 12.3. The molecule has 5 nitrogen and oxygen atoms in total. The highest BCUT2D eigenvalue weighted by atomic mass is 32.1. The van der Waals surface area contributed by atoms with Gasteiger partial charge in [-0.15, -0.1) is 11.3 Å². The first-order valence-electron chi connectivity index (χ1n) is 9.19. The number of nitrogens with one attached hydrogen (secondary N) is 1. The Balaban J connectivity index is 1.59. The maximum atomic E-state index is 12.3. The molecule has 0 fully saturated rings. The SMILES string of the molecule is CCOc1ccccc1-c1nc(CC(=O)NCc2cccc(COC)c2)cs1. The number of hydrogen-bond donors (Lipinski definition) is 1. The van der Waals surface area contributed by atoms with Crippen LogP contribution < -0.4 is 10.1 Å². The van der Waals surface area contributed by atoms with Crippen molar-refractivity contribution in [3.63, 3.8) is 0 Å². The smallest absolute Gasteiger partial charge is 0.226 e. The third kappa shape index (κ3) is 5.41. The van der Waals surface area contributed by atoms with E-state index in [0.29, 0.717) is 19.8 Å². The molecule has 28 heavy (non-hydrogen) atoms. The third-order valence-corrected chi connectivity index (χ3v) is 5.03. The van der Waals surface area contributed by atoms with Crippen LogP contribution in [0.3, 0.4) is 0 Å². The fourth-order valence-electron chi connectivity index (χ4n) is 2.86. The fourth-order valence-corrected chi connectivity index (χ4v) is 3.71. The summed E-state index contributed by atoms with van der Waals surface area (Å²) < 4.78 is 10.8. The van der Waals surface area contributed by atoms with E-state index < -0.39 is 0 Å². The van der Waals surface area contributed by atoms with Crippen molar-refractivity contribution in [2.24, 2.45) is 0 Å². The summed E-state index contributed by atoms with van der Waals surface area (Å²) in [5.41, 5.74) is 3.85. The number of rotatable bonds is 9. The lowest BCUT2D eigenvalue weighted by molar-refractivity contribution is -0.120. The predicted molar refractivity (Wildman–Crippen MR) is 111 cm³/mol. The molecule has 0 aliphatic carbocycles. The molecule has 0 radical (unpaired) electrons. The lowest BCUT2D eigenvalue weighted by Crippen LogP contribution is -2.24. The molecule has 6 heteroatoms. The number of para-hydroxylation sites is 1. The van der Waals surface area contributed by atoms with Gasteiger partial charge < -0.3 is 14.8 Å². The molecular weight excluding hydrogens is 372 g/mol. The Morgan fingerprint density at radius 1 is 1.14 bits per heavy atom. The van der Waals surface area contributed by atoms with Crippen LogP contribution >= 0.6 is 11.3 Å². The van der Waals surface area contributed by atoms with Gasteiger partial charge in [-0.2, -0.15) is 0 Å². The molecule has 2 aromatic carbocycles. The molecule has 0 unspecified atom stereocenters. The first kappa shape index (κ1) is 20.0. The van der Waals surface area contributed by atoms with E-state index >= 15 is 0 Å². The minimum atomic E-state index is -0.0490. The van der Waals surface area contributed by atoms with Crippen LogP contribution in [0.5, 0.6) is 5.75 Å². The van der Waals surface area contributed by atoms with Gasteiger partial charge >= 0.3 is 0 Å². The average Bonchev–Trinajstić information content (AvgIpc) is 3.16. The van der Waals surface area contributed by atoms with Gasteiger partial charge in [0.05, 0.1) is 30.9 Å². The zero-order chi connectivity index (χ0) is 19.8. The van der Waals surface area contributed by atoms with Crippen molar-refractivity contribution in [2.45, 2.75) is 26.5 Å². The van der Waals surface area contributed by atoms with Gasteiger partial charge in [0.1, 0.15) is 10.8 Å². The monoisotopic (exact) mass is 396 g/mol. The summed E-state index contributed by atoms with van der Waals surface area (Å²) in [7, 11) is 1.67. The van der Waals surface area contributed by atoms with Crippen LogP contribution in [0, 0.1) is 0 Å². The first-order chi connectivity index (χ1) is 13.7. The number of ether oxygens (including phenoxy) is 2. The second kappa shape index (κ2) is 10.0. The summed E-state index contributed by atoms with van der Waals surface area (Å²) in [4.78, 5) is 16.9. The van der Waals surface area contributed by atoms with Gasteiger partial charge in [0, 0.05) is 19.0 Å². The molecule has 1 aromatic heterocycles. The van der Waals surface area contributed by atoms with Crippen molar-refractivity contribution >= 4 is 17.2 Å². The van der Waals surface area contributed by atoms with E-state index in [1.54, 1.807) is 7.11 Å². The Labute approximate surface area is 169 Å². The summed E-state index contributed by atoms with van der Waals surface area (Å²) in [5.74, 6) is 0.762. The summed E-state index contributed by atoms with van der Waals surface area (Å²) in [6, 6.07) is 15.8. The maximum Gasteiger partial charge on any atom is 0.226 e. The highest BCUT2D eigenvalue weighted by Gasteiger charge is 2.12. The average molecular weight is 397 g/mol. The molecule has 0 bridgehead atoms. The van der Waals surface area contributed by atoms with Crippen LogP contribution in [0.15, 0.2) is 53.9 Å². The highest BCUT2D eigenvalue weighted by molar-refractivity contribution is 7.13. The Morgan fingerprint density at radius 2 is 1.96 bits per heavy atom. The van der Waals surface area contributed by atoms with Crippen molar-refractivity contribution < 1.29 is 14.3 Å². The molecule has 146 valence electrons. The number of methoxy groups -OCH3 is 1. The van der Waals surface area contributed by atoms with E-state index in [1.165, 1.54) is 11.3 Å². The largest absolute Gasteiger partial charge is 0.493 e. The van der Waals surface area contributed by atoms with E-state index in [0.717, 1.165) is 33.1 Å². The molecule has 1 heterocycles. The van der Waals surface area contributed by atoms with Gasteiger partial charge in [0.25, 0.3) is 0 Å². The lowest BCUT2D eigenvalue weighted by atomic mass is 10.1. The van der Waals surface area contributed by atoms with Gasteiger partial charge in [-0.25, -0.2) is 4.98 Å². The van der Waals surface area contributed by atoms with Crippen LogP contribution in [0.4, 0.5) is 0 Å². The Kier molecular flexibility index (Phi) is 7.17. The molecule has 0 atom stereocenters. The summed E-state index contributed by atoms with van der Waals surface area (Å²) in [6.45, 7) is 3.61. The van der Waals surface area contributed by atoms with Crippen LogP contribution in [0.2, 0.25) is 0 Å². The zero-order valence-electron chi connectivity index (χ0n) is 16.1. The molecule has 3 aromatic rings. The number of benzene rings is 2. The standard InChI is InChI=1S/C22H24N2O3S/c1-3-27-20-10-5-4-9-19(20)22-24-18(15-28-22)12-21(25)23-13-16-7-6-8-17(11-16)14-26-2/h4-11,15H,3,12-14H2,1-2H3,(H,23,25). The lowest BCUT2D eigenvalue weighted by Gasteiger charge is -2.07. The van der Waals surface area contributed by atoms with Gasteiger partial charge in [-0.1, -0.05) is 36.4 Å². The molecule has 0 aliphatic rings. The number of thiazole rings is 1. The van der Waals surface area contributed by atoms with E-state index in [4.69, 9.17) is 9.47 Å². The zero-order valence-corrected chi connectivity index (χ0v) is 16.9. The van der Waals surface area contributed by atoms with E-state index in [1.807, 2.05) is 60.8 Å². The van der Waals surface area contributed by atoms with Crippen LogP contribution in [0.1, 0.15) is 23.7 Å². The van der Waals surface area contributed by atoms with E-state index in [2.05, 4.69) is 10.3 Å². The van der Waals surface area contributed by atoms with Crippen LogP contribution in [-0.4, -0.2) is 24.6 Å². The number of amides is 1. The Bertz CT molecular complexity index is 923. The molecule has 3 rings (SSSR count). The van der Waals surface area contributed by atoms with Crippen molar-refractivity contribution in [3.8, 4) is 16.3 Å². The van der Waals surface area contributed by atoms with Crippen molar-refractivity contribution in [3.05, 3.63) is 70.7 Å². The molecule has 0 saturated carbocycles. The summed E-state index contributed by atoms with van der Waals surface area (Å²) >= 11 is 1.52. The third-order valence-electron chi connectivity index (χ3n) is 4.10. The molecule has 0 saturated heterocycles. The molecule has 0 aliphatic heterocycles. The van der Waals surface area contributed by atoms with Gasteiger partial charge in [0.2, 0.25) is 5.91 Å². The minimum absolute atomic E-state index is 0.0490. The summed E-state index contributed by atoms with van der Waals surface area (Å²) in [6.07, 6.45) is 0.255. The normalized spacial score (nSPS) is 10.6. The topological polar surface area (TPSA) is 60.5 Å². The Hall–Kier alpha value is -2.70. The molecular formula is C22H24N2O3S. The van der Waals surface area contributed by atoms with Crippen LogP contribution in [-0.2, 0) is 29.1 Å². The van der Waals surface area contributed by atoms with Gasteiger partial charge in [-0.05, 0) is 30.2 Å². The number of carbonyl (C=O) groups is 1. The van der Waals surface area contributed by atoms with Crippen molar-refractivity contribution in [2.75, 3.05) is 13.7 Å². The fraction of sp³-hybridized carbons (Fsp3) is 0.273. The van der Waals surface area contributed by atoms with E-state index in [9.17, 15) is 4.79 Å². The Morgan fingerprint density at radius 3 is 2.79 bits per heavy atom. The molecule has 1 amide bonds. The first-order valence-corrected chi connectivity index (χ1v) is 10.1. The number of nitrogens with zero attached hydrogens (tertiary/aromatic N) is 1. The summed E-state index contributed by atoms with van der Waals surface area (Å²) in [5, 5.41) is 5.75. The highest BCUT2D eigenvalue weighted by Crippen LogP contribution is 2.32.